The summed E-state index contributed by atoms with van der Waals surface area (Å²) in [6.45, 7) is 2.85. The lowest BCUT2D eigenvalue weighted by Gasteiger charge is -2.16. The second-order valence-electron chi connectivity index (χ2n) is 7.12. The fraction of sp³-hybridized carbons (Fsp3) is 0.154. The van der Waals surface area contributed by atoms with Gasteiger partial charge in [0.25, 0.3) is 0 Å². The van der Waals surface area contributed by atoms with Crippen LogP contribution in [0.3, 0.4) is 0 Å². The molecular weight excluding hydrogens is 372 g/mol. The monoisotopic (exact) mass is 396 g/mol. The highest BCUT2D eigenvalue weighted by atomic mass is 16.5. The lowest BCUT2D eigenvalue weighted by atomic mass is 9.92. The average Bonchev–Trinajstić information content (AvgIpc) is 2.78. The van der Waals surface area contributed by atoms with E-state index in [1.54, 1.807) is 0 Å². The number of hydrogen-bond acceptors (Lipinski definition) is 3. The zero-order valence-corrected chi connectivity index (χ0v) is 17.0. The molecule has 0 spiro atoms. The quantitative estimate of drug-likeness (QED) is 0.450. The van der Waals surface area contributed by atoms with E-state index in [2.05, 4.69) is 23.5 Å². The molecule has 0 unspecified atom stereocenters. The van der Waals surface area contributed by atoms with Gasteiger partial charge in [-0.3, -0.25) is 9.78 Å². The predicted molar refractivity (Wildman–Crippen MR) is 121 cm³/mol. The van der Waals surface area contributed by atoms with Gasteiger partial charge in [0.05, 0.1) is 18.5 Å². The summed E-state index contributed by atoms with van der Waals surface area (Å²) < 4.78 is 5.65. The summed E-state index contributed by atoms with van der Waals surface area (Å²) in [7, 11) is 0. The Morgan fingerprint density at radius 1 is 0.900 bits per heavy atom. The van der Waals surface area contributed by atoms with Gasteiger partial charge in [-0.2, -0.15) is 0 Å². The van der Waals surface area contributed by atoms with Crippen LogP contribution in [-0.4, -0.2) is 24.0 Å². The summed E-state index contributed by atoms with van der Waals surface area (Å²) in [4.78, 5) is 17.4. The van der Waals surface area contributed by atoms with Gasteiger partial charge in [0, 0.05) is 11.1 Å². The van der Waals surface area contributed by atoms with Crippen LogP contribution < -0.4 is 10.1 Å². The Balaban J connectivity index is 1.53. The number of aryl methyl sites for hydroxylation is 1. The van der Waals surface area contributed by atoms with Crippen LogP contribution in [-0.2, 0) is 11.2 Å². The van der Waals surface area contributed by atoms with Crippen molar-refractivity contribution in [1.82, 2.24) is 10.3 Å². The van der Waals surface area contributed by atoms with Crippen LogP contribution in [0.25, 0.3) is 22.0 Å². The van der Waals surface area contributed by atoms with Gasteiger partial charge < -0.3 is 10.1 Å². The average molecular weight is 396 g/mol. The summed E-state index contributed by atoms with van der Waals surface area (Å²) in [5.74, 6) is 0.761. The fourth-order valence-corrected chi connectivity index (χ4v) is 3.62. The molecule has 0 saturated heterocycles. The van der Waals surface area contributed by atoms with Crippen molar-refractivity contribution >= 4 is 16.8 Å². The number of hydrogen-bond donors (Lipinski definition) is 1. The molecule has 1 heterocycles. The van der Waals surface area contributed by atoms with Crippen molar-refractivity contribution < 1.29 is 9.53 Å². The first-order chi connectivity index (χ1) is 14.7. The van der Waals surface area contributed by atoms with E-state index >= 15 is 0 Å². The number of fused-ring (bicyclic) bond motifs is 1. The number of nitrogens with one attached hydrogen (secondary N) is 1. The predicted octanol–water partition coefficient (Wildman–Crippen LogP) is 4.95. The number of amides is 1. The minimum atomic E-state index is -0.0379. The molecule has 3 aromatic carbocycles. The van der Waals surface area contributed by atoms with Crippen molar-refractivity contribution in [1.29, 1.82) is 0 Å². The first kappa shape index (κ1) is 19.6. The van der Waals surface area contributed by atoms with Gasteiger partial charge in [0.2, 0.25) is 5.91 Å². The molecule has 4 aromatic rings. The van der Waals surface area contributed by atoms with E-state index in [9.17, 15) is 4.79 Å². The van der Waals surface area contributed by atoms with E-state index in [1.807, 2.05) is 73.7 Å². The second-order valence-corrected chi connectivity index (χ2v) is 7.12. The van der Waals surface area contributed by atoms with Gasteiger partial charge in [0.15, 0.2) is 0 Å². The van der Waals surface area contributed by atoms with Gasteiger partial charge in [-0.1, -0.05) is 66.7 Å². The summed E-state index contributed by atoms with van der Waals surface area (Å²) in [5, 5.41) is 4.02. The minimum Gasteiger partial charge on any atom is -0.492 e. The Bertz CT molecular complexity index is 1140. The molecule has 0 saturated carbocycles. The van der Waals surface area contributed by atoms with Crippen LogP contribution >= 0.6 is 0 Å². The van der Waals surface area contributed by atoms with E-state index in [0.29, 0.717) is 13.2 Å². The highest BCUT2D eigenvalue weighted by Crippen LogP contribution is 2.33. The zero-order valence-electron chi connectivity index (χ0n) is 17.0. The standard InChI is InChI=1S/C26H24N2O2/c1-19-23(18-25(29)27-16-17-30-21-12-6-3-7-13-21)26(20-10-4-2-5-11-20)22-14-8-9-15-24(22)28-19/h2-15H,16-18H2,1H3,(H,27,29). The lowest BCUT2D eigenvalue weighted by Crippen LogP contribution is -2.29. The summed E-state index contributed by atoms with van der Waals surface area (Å²) in [6, 6.07) is 27.9. The molecule has 0 fully saturated rings. The number of benzene rings is 3. The van der Waals surface area contributed by atoms with E-state index in [4.69, 9.17) is 9.72 Å². The number of pyridine rings is 1. The van der Waals surface area contributed by atoms with Crippen molar-refractivity contribution in [3.05, 3.63) is 96.2 Å². The normalized spacial score (nSPS) is 10.7. The van der Waals surface area contributed by atoms with Crippen molar-refractivity contribution in [2.45, 2.75) is 13.3 Å². The van der Waals surface area contributed by atoms with Crippen molar-refractivity contribution in [2.24, 2.45) is 0 Å². The van der Waals surface area contributed by atoms with Crippen LogP contribution in [0.5, 0.6) is 5.75 Å². The highest BCUT2D eigenvalue weighted by molar-refractivity contribution is 5.98. The van der Waals surface area contributed by atoms with Crippen LogP contribution in [0, 0.1) is 6.92 Å². The Kier molecular flexibility index (Phi) is 6.04. The van der Waals surface area contributed by atoms with Crippen LogP contribution in [0.1, 0.15) is 11.3 Å². The number of ether oxygens (including phenoxy) is 1. The molecule has 30 heavy (non-hydrogen) atoms. The Morgan fingerprint density at radius 3 is 2.33 bits per heavy atom. The second kappa shape index (κ2) is 9.23. The number of carbonyl (C=O) groups is 1. The first-order valence-electron chi connectivity index (χ1n) is 10.1. The van der Waals surface area contributed by atoms with Crippen LogP contribution in [0.4, 0.5) is 0 Å². The number of aromatic nitrogens is 1. The summed E-state index contributed by atoms with van der Waals surface area (Å²) in [6.07, 6.45) is 0.277. The summed E-state index contributed by atoms with van der Waals surface area (Å²) >= 11 is 0. The van der Waals surface area contributed by atoms with Crippen molar-refractivity contribution in [2.75, 3.05) is 13.2 Å². The molecule has 0 bridgehead atoms. The Hall–Kier alpha value is -3.66. The molecule has 4 nitrogen and oxygen atoms in total. The maximum absolute atomic E-state index is 12.7. The molecule has 150 valence electrons. The number of carbonyl (C=O) groups excluding carboxylic acids is 1. The number of para-hydroxylation sites is 2. The molecule has 0 aliphatic carbocycles. The molecule has 1 aromatic heterocycles. The van der Waals surface area contributed by atoms with Gasteiger partial charge in [-0.05, 0) is 41.8 Å². The Morgan fingerprint density at radius 2 is 1.57 bits per heavy atom. The molecule has 4 rings (SSSR count). The van der Waals surface area contributed by atoms with Gasteiger partial charge in [0.1, 0.15) is 12.4 Å². The Labute approximate surface area is 176 Å². The lowest BCUT2D eigenvalue weighted by molar-refractivity contribution is -0.120. The largest absolute Gasteiger partial charge is 0.492 e. The maximum atomic E-state index is 12.7. The van der Waals surface area contributed by atoms with Gasteiger partial charge >= 0.3 is 0 Å². The minimum absolute atomic E-state index is 0.0379. The third-order valence-electron chi connectivity index (χ3n) is 5.04. The summed E-state index contributed by atoms with van der Waals surface area (Å²) in [5.41, 5.74) is 4.95. The number of nitrogens with zero attached hydrogens (tertiary/aromatic N) is 1. The molecule has 1 N–H and O–H groups in total. The molecule has 1 amide bonds. The van der Waals surface area contributed by atoms with Gasteiger partial charge in [-0.25, -0.2) is 0 Å². The third-order valence-corrected chi connectivity index (χ3v) is 5.04. The van der Waals surface area contributed by atoms with Crippen LogP contribution in [0.2, 0.25) is 0 Å². The number of rotatable bonds is 7. The van der Waals surface area contributed by atoms with Gasteiger partial charge in [-0.15, -0.1) is 0 Å². The molecule has 0 aliphatic heterocycles. The topological polar surface area (TPSA) is 51.2 Å². The smallest absolute Gasteiger partial charge is 0.224 e. The zero-order chi connectivity index (χ0) is 20.8. The molecule has 0 atom stereocenters. The van der Waals surface area contributed by atoms with Crippen molar-refractivity contribution in [3.63, 3.8) is 0 Å². The molecule has 4 heteroatoms. The van der Waals surface area contributed by atoms with E-state index in [1.165, 1.54) is 0 Å². The fourth-order valence-electron chi connectivity index (χ4n) is 3.62. The first-order valence-corrected chi connectivity index (χ1v) is 10.1. The molecule has 0 aliphatic rings. The van der Waals surface area contributed by atoms with Crippen LogP contribution in [0.15, 0.2) is 84.9 Å². The maximum Gasteiger partial charge on any atom is 0.224 e. The van der Waals surface area contributed by atoms with Crippen molar-refractivity contribution in [3.8, 4) is 16.9 Å². The SMILES string of the molecule is Cc1nc2ccccc2c(-c2ccccc2)c1CC(=O)NCCOc1ccccc1. The molecule has 0 radical (unpaired) electrons. The van der Waals surface area contributed by atoms with E-state index in [0.717, 1.165) is 39.0 Å². The van der Waals surface area contributed by atoms with E-state index in [-0.39, 0.29) is 12.3 Å². The highest BCUT2D eigenvalue weighted by Gasteiger charge is 2.17. The van der Waals surface area contributed by atoms with E-state index < -0.39 is 0 Å². The third kappa shape index (κ3) is 4.49. The molecular formula is C26H24N2O2.